The lowest BCUT2D eigenvalue weighted by Crippen LogP contribution is -2.16. The van der Waals surface area contributed by atoms with Gasteiger partial charge in [0.2, 0.25) is 0 Å². The highest BCUT2D eigenvalue weighted by Gasteiger charge is 2.26. The van der Waals surface area contributed by atoms with Gasteiger partial charge in [0.15, 0.2) is 12.4 Å². The molecule has 0 atom stereocenters. The molecule has 0 aliphatic carbocycles. The Hall–Kier alpha value is -3.66. The van der Waals surface area contributed by atoms with Crippen molar-refractivity contribution >= 4 is 34.1 Å². The Morgan fingerprint density at radius 3 is 2.41 bits per heavy atom. The minimum Gasteiger partial charge on any atom is -0.471 e. The van der Waals surface area contributed by atoms with Crippen LogP contribution < -0.4 is 15.8 Å². The third-order valence-electron chi connectivity index (χ3n) is 5.03. The van der Waals surface area contributed by atoms with E-state index in [0.29, 0.717) is 11.3 Å². The molecule has 34 heavy (non-hydrogen) atoms. The standard InChI is InChI=1S/C24H28N4O5S/c1-6-32-23(31)18-14(2)19(20(25)29)34-22(18)26-21(30)17-11-12-28(27-17)13-33-16-9-7-15(8-10-16)24(3,4)5/h7-12H,6,13H2,1-5H3,(H2,25,29)(H,26,30). The van der Waals surface area contributed by atoms with Gasteiger partial charge in [0.05, 0.1) is 17.0 Å². The number of amides is 2. The molecule has 0 saturated heterocycles. The Balaban J connectivity index is 1.70. The molecule has 9 nitrogen and oxygen atoms in total. The number of carbonyl (C=O) groups is 3. The fraction of sp³-hybridized carbons (Fsp3) is 0.333. The van der Waals surface area contributed by atoms with Crippen molar-refractivity contribution in [3.8, 4) is 5.75 Å². The molecule has 0 spiro atoms. The second-order valence-corrected chi connectivity index (χ2v) is 9.61. The summed E-state index contributed by atoms with van der Waals surface area (Å²) in [5, 5.41) is 7.05. The molecule has 0 fully saturated rings. The van der Waals surface area contributed by atoms with Crippen LogP contribution >= 0.6 is 11.3 Å². The number of thiophene rings is 1. The van der Waals surface area contributed by atoms with Gasteiger partial charge >= 0.3 is 5.97 Å². The summed E-state index contributed by atoms with van der Waals surface area (Å²) in [5.41, 5.74) is 7.24. The predicted octanol–water partition coefficient (Wildman–Crippen LogP) is 4.11. The van der Waals surface area contributed by atoms with E-state index in [4.69, 9.17) is 15.2 Å². The minimum atomic E-state index is -0.689. The molecular formula is C24H28N4O5S. The Labute approximate surface area is 201 Å². The Bertz CT molecular complexity index is 1210. The number of aromatic nitrogens is 2. The van der Waals surface area contributed by atoms with Gasteiger partial charge in [0, 0.05) is 6.20 Å². The van der Waals surface area contributed by atoms with Crippen LogP contribution in [0.1, 0.15) is 69.3 Å². The van der Waals surface area contributed by atoms with E-state index in [1.54, 1.807) is 20.0 Å². The maximum absolute atomic E-state index is 12.8. The van der Waals surface area contributed by atoms with Crippen LogP contribution in [0.15, 0.2) is 36.5 Å². The third-order valence-corrected chi connectivity index (χ3v) is 6.26. The smallest absolute Gasteiger partial charge is 0.341 e. The van der Waals surface area contributed by atoms with Gasteiger partial charge in [-0.2, -0.15) is 5.10 Å². The molecule has 0 bridgehead atoms. The van der Waals surface area contributed by atoms with E-state index in [1.165, 1.54) is 16.3 Å². The van der Waals surface area contributed by atoms with Crippen LogP contribution in [0.5, 0.6) is 5.75 Å². The lowest BCUT2D eigenvalue weighted by Gasteiger charge is -2.19. The number of hydrogen-bond donors (Lipinski definition) is 2. The average Bonchev–Trinajstić information content (AvgIpc) is 3.37. The zero-order chi connectivity index (χ0) is 25.0. The molecule has 2 amide bonds. The zero-order valence-corrected chi connectivity index (χ0v) is 20.6. The molecular weight excluding hydrogens is 456 g/mol. The van der Waals surface area contributed by atoms with Crippen molar-refractivity contribution in [1.82, 2.24) is 9.78 Å². The molecule has 2 aromatic heterocycles. The van der Waals surface area contributed by atoms with Crippen LogP contribution in [-0.2, 0) is 16.9 Å². The fourth-order valence-corrected chi connectivity index (χ4v) is 4.24. The van der Waals surface area contributed by atoms with Crippen molar-refractivity contribution in [2.45, 2.75) is 46.8 Å². The summed E-state index contributed by atoms with van der Waals surface area (Å²) in [6.07, 6.45) is 1.61. The molecule has 10 heteroatoms. The molecule has 0 saturated carbocycles. The van der Waals surface area contributed by atoms with Crippen molar-refractivity contribution < 1.29 is 23.9 Å². The molecule has 0 radical (unpaired) electrons. The Morgan fingerprint density at radius 2 is 1.82 bits per heavy atom. The van der Waals surface area contributed by atoms with E-state index in [0.717, 1.165) is 11.3 Å². The number of nitrogens with one attached hydrogen (secondary N) is 1. The van der Waals surface area contributed by atoms with E-state index in [2.05, 4.69) is 31.2 Å². The van der Waals surface area contributed by atoms with Crippen LogP contribution in [-0.4, -0.2) is 34.2 Å². The zero-order valence-electron chi connectivity index (χ0n) is 19.8. The van der Waals surface area contributed by atoms with Gasteiger partial charge in [-0.1, -0.05) is 32.9 Å². The van der Waals surface area contributed by atoms with Gasteiger partial charge in [-0.05, 0) is 48.6 Å². The van der Waals surface area contributed by atoms with E-state index >= 15 is 0 Å². The van der Waals surface area contributed by atoms with Gasteiger partial charge < -0.3 is 20.5 Å². The monoisotopic (exact) mass is 484 g/mol. The summed E-state index contributed by atoms with van der Waals surface area (Å²) in [5.74, 6) is -1.20. The molecule has 2 heterocycles. The maximum atomic E-state index is 12.8. The first-order valence-corrected chi connectivity index (χ1v) is 11.5. The number of benzene rings is 1. The van der Waals surface area contributed by atoms with Crippen LogP contribution in [0.2, 0.25) is 0 Å². The number of esters is 1. The van der Waals surface area contributed by atoms with E-state index in [-0.39, 0.29) is 39.9 Å². The summed E-state index contributed by atoms with van der Waals surface area (Å²) < 4.78 is 12.3. The highest BCUT2D eigenvalue weighted by Crippen LogP contribution is 2.33. The second kappa shape index (κ2) is 10.1. The number of anilines is 1. The van der Waals surface area contributed by atoms with Crippen molar-refractivity contribution in [2.75, 3.05) is 11.9 Å². The number of rotatable bonds is 8. The minimum absolute atomic E-state index is 0.0508. The van der Waals surface area contributed by atoms with Gasteiger partial charge in [0.1, 0.15) is 10.8 Å². The second-order valence-electron chi connectivity index (χ2n) is 8.59. The molecule has 0 unspecified atom stereocenters. The Kier molecular flexibility index (Phi) is 7.41. The van der Waals surface area contributed by atoms with E-state index in [9.17, 15) is 14.4 Å². The summed E-state index contributed by atoms with van der Waals surface area (Å²) in [4.78, 5) is 37.0. The molecule has 0 aliphatic rings. The van der Waals surface area contributed by atoms with Crippen LogP contribution in [0, 0.1) is 6.92 Å². The predicted molar refractivity (Wildman–Crippen MR) is 129 cm³/mol. The number of nitrogens with zero attached hydrogens (tertiary/aromatic N) is 2. The average molecular weight is 485 g/mol. The third kappa shape index (κ3) is 5.63. The first kappa shape index (κ1) is 25.0. The summed E-state index contributed by atoms with van der Waals surface area (Å²) >= 11 is 0.922. The van der Waals surface area contributed by atoms with Crippen molar-refractivity contribution in [3.05, 3.63) is 63.8 Å². The van der Waals surface area contributed by atoms with Crippen LogP contribution in [0.25, 0.3) is 0 Å². The molecule has 3 rings (SSSR count). The number of ether oxygens (including phenoxy) is 2. The van der Waals surface area contributed by atoms with Gasteiger partial charge in [-0.25, -0.2) is 9.48 Å². The number of carbonyl (C=O) groups excluding carboxylic acids is 3. The summed E-state index contributed by atoms with van der Waals surface area (Å²) in [7, 11) is 0. The quantitative estimate of drug-likeness (QED) is 0.463. The molecule has 0 aliphatic heterocycles. The van der Waals surface area contributed by atoms with Gasteiger partial charge in [0.25, 0.3) is 11.8 Å². The molecule has 1 aromatic carbocycles. The van der Waals surface area contributed by atoms with E-state index < -0.39 is 17.8 Å². The molecule has 180 valence electrons. The van der Waals surface area contributed by atoms with Crippen molar-refractivity contribution in [1.29, 1.82) is 0 Å². The fourth-order valence-electron chi connectivity index (χ4n) is 3.20. The first-order chi connectivity index (χ1) is 16.0. The van der Waals surface area contributed by atoms with Gasteiger partial charge in [-0.3, -0.25) is 9.59 Å². The molecule has 3 N–H and O–H groups in total. The summed E-state index contributed by atoms with van der Waals surface area (Å²) in [6.45, 7) is 9.93. The first-order valence-electron chi connectivity index (χ1n) is 10.7. The summed E-state index contributed by atoms with van der Waals surface area (Å²) in [6, 6.07) is 9.35. The highest BCUT2D eigenvalue weighted by atomic mass is 32.1. The highest BCUT2D eigenvalue weighted by molar-refractivity contribution is 7.18. The van der Waals surface area contributed by atoms with E-state index in [1.807, 2.05) is 24.3 Å². The molecule has 3 aromatic rings. The normalized spacial score (nSPS) is 11.2. The lowest BCUT2D eigenvalue weighted by atomic mass is 9.87. The number of hydrogen-bond acceptors (Lipinski definition) is 7. The number of primary amides is 1. The SMILES string of the molecule is CCOC(=O)c1c(NC(=O)c2ccn(COc3ccc(C(C)(C)C)cc3)n2)sc(C(N)=O)c1C. The largest absolute Gasteiger partial charge is 0.471 e. The topological polar surface area (TPSA) is 126 Å². The van der Waals surface area contributed by atoms with Crippen molar-refractivity contribution in [2.24, 2.45) is 5.73 Å². The Morgan fingerprint density at radius 1 is 1.15 bits per heavy atom. The van der Waals surface area contributed by atoms with Crippen molar-refractivity contribution in [3.63, 3.8) is 0 Å². The van der Waals surface area contributed by atoms with Gasteiger partial charge in [-0.15, -0.1) is 11.3 Å². The maximum Gasteiger partial charge on any atom is 0.341 e. The van der Waals surface area contributed by atoms with Crippen LogP contribution in [0.4, 0.5) is 5.00 Å². The number of nitrogens with two attached hydrogens (primary N) is 1. The lowest BCUT2D eigenvalue weighted by molar-refractivity contribution is 0.0527. The van der Waals surface area contributed by atoms with Crippen LogP contribution in [0.3, 0.4) is 0 Å².